The van der Waals surface area contributed by atoms with Crippen molar-refractivity contribution in [3.63, 3.8) is 0 Å². The summed E-state index contributed by atoms with van der Waals surface area (Å²) in [7, 11) is 0. The van der Waals surface area contributed by atoms with Gasteiger partial charge in [0.2, 0.25) is 0 Å². The fourth-order valence-corrected chi connectivity index (χ4v) is 2.75. The van der Waals surface area contributed by atoms with Crippen LogP contribution in [0, 0.1) is 13.8 Å². The van der Waals surface area contributed by atoms with Gasteiger partial charge in [-0.05, 0) is 60.1 Å². The molecule has 0 bridgehead atoms. The van der Waals surface area contributed by atoms with Crippen LogP contribution in [0.5, 0.6) is 0 Å². The number of hydrogen-bond donors (Lipinski definition) is 0. The van der Waals surface area contributed by atoms with E-state index in [1.165, 1.54) is 22.3 Å². The van der Waals surface area contributed by atoms with Gasteiger partial charge in [0, 0.05) is 0 Å². The molecule has 0 spiro atoms. The molecule has 0 fully saturated rings. The Morgan fingerprint density at radius 3 is 1.69 bits per heavy atom. The van der Waals surface area contributed by atoms with Gasteiger partial charge in [-0.25, -0.2) is 0 Å². The molecule has 0 atom stereocenters. The molecule has 16 heavy (non-hydrogen) atoms. The van der Waals surface area contributed by atoms with Crippen LogP contribution in [-0.4, -0.2) is 0 Å². The van der Waals surface area contributed by atoms with Crippen LogP contribution in [0.25, 0.3) is 0 Å². The zero-order valence-electron chi connectivity index (χ0n) is 9.88. The van der Waals surface area contributed by atoms with Crippen molar-refractivity contribution < 1.29 is 0 Å². The quantitative estimate of drug-likeness (QED) is 0.527. The predicted molar refractivity (Wildman–Crippen MR) is 68.0 cm³/mol. The van der Waals surface area contributed by atoms with Crippen LogP contribution in [0.3, 0.4) is 0 Å². The molecule has 0 heterocycles. The van der Waals surface area contributed by atoms with Gasteiger partial charge >= 0.3 is 0 Å². The summed E-state index contributed by atoms with van der Waals surface area (Å²) < 4.78 is 0. The second-order valence-corrected chi connectivity index (χ2v) is 4.78. The average Bonchev–Trinajstić information content (AvgIpc) is 2.28. The van der Waals surface area contributed by atoms with Crippen LogP contribution in [0.2, 0.25) is 0 Å². The lowest BCUT2D eigenvalue weighted by molar-refractivity contribution is 0.973. The lowest BCUT2D eigenvalue weighted by Gasteiger charge is -2.22. The third-order valence-electron chi connectivity index (χ3n) is 3.75. The minimum Gasteiger partial charge on any atom is -0.0617 e. The zero-order valence-corrected chi connectivity index (χ0v) is 9.88. The molecule has 0 heteroatoms. The number of hydrogen-bond acceptors (Lipinski definition) is 0. The third kappa shape index (κ3) is 1.37. The Morgan fingerprint density at radius 1 is 0.688 bits per heavy atom. The summed E-state index contributed by atoms with van der Waals surface area (Å²) in [5.74, 6) is 0. The molecule has 1 aliphatic carbocycles. The van der Waals surface area contributed by atoms with E-state index in [-0.39, 0.29) is 0 Å². The Bertz CT molecular complexity index is 500. The molecule has 3 rings (SSSR count). The average molecular weight is 208 g/mol. The van der Waals surface area contributed by atoms with Crippen molar-refractivity contribution in [1.29, 1.82) is 0 Å². The molecule has 2 aromatic rings. The maximum atomic E-state index is 2.27. The molecule has 80 valence electrons. The van der Waals surface area contributed by atoms with Crippen LogP contribution < -0.4 is 0 Å². The minimum atomic E-state index is 1.11. The minimum absolute atomic E-state index is 1.11. The van der Waals surface area contributed by atoms with E-state index in [1.807, 2.05) is 0 Å². The molecular weight excluding hydrogens is 192 g/mol. The first kappa shape index (κ1) is 9.65. The molecule has 0 aromatic heterocycles. The molecule has 0 radical (unpaired) electrons. The highest BCUT2D eigenvalue weighted by Gasteiger charge is 2.17. The van der Waals surface area contributed by atoms with Gasteiger partial charge in [0.15, 0.2) is 0 Å². The molecule has 0 saturated carbocycles. The zero-order chi connectivity index (χ0) is 11.1. The van der Waals surface area contributed by atoms with Gasteiger partial charge in [0.05, 0.1) is 0 Å². The SMILES string of the molecule is Cc1cccc2c1Cc1c(C)cccc1C2. The summed E-state index contributed by atoms with van der Waals surface area (Å²) in [6.45, 7) is 4.45. The molecule has 2 aromatic carbocycles. The molecule has 1 aliphatic rings. The first-order valence-electron chi connectivity index (χ1n) is 5.90. The number of rotatable bonds is 0. The van der Waals surface area contributed by atoms with Crippen molar-refractivity contribution in [2.75, 3.05) is 0 Å². The number of aryl methyl sites for hydroxylation is 2. The number of fused-ring (bicyclic) bond motifs is 2. The van der Waals surface area contributed by atoms with Crippen LogP contribution >= 0.6 is 0 Å². The predicted octanol–water partition coefficient (Wildman–Crippen LogP) is 3.80. The van der Waals surface area contributed by atoms with Gasteiger partial charge in [0.25, 0.3) is 0 Å². The van der Waals surface area contributed by atoms with Gasteiger partial charge in [-0.15, -0.1) is 0 Å². The molecule has 0 aliphatic heterocycles. The Balaban J connectivity index is 2.17. The summed E-state index contributed by atoms with van der Waals surface area (Å²) in [4.78, 5) is 0. The van der Waals surface area contributed by atoms with Crippen molar-refractivity contribution in [3.8, 4) is 0 Å². The highest BCUT2D eigenvalue weighted by atomic mass is 14.2. The number of benzene rings is 2. The Morgan fingerprint density at radius 2 is 1.19 bits per heavy atom. The lowest BCUT2D eigenvalue weighted by atomic mass is 9.82. The molecule has 0 amide bonds. The van der Waals surface area contributed by atoms with Crippen LogP contribution in [-0.2, 0) is 12.8 Å². The maximum absolute atomic E-state index is 2.27. The van der Waals surface area contributed by atoms with Gasteiger partial charge in [-0.2, -0.15) is 0 Å². The first-order chi connectivity index (χ1) is 7.75. The summed E-state index contributed by atoms with van der Waals surface area (Å²) >= 11 is 0. The third-order valence-corrected chi connectivity index (χ3v) is 3.75. The fraction of sp³-hybridized carbons (Fsp3) is 0.250. The summed E-state index contributed by atoms with van der Waals surface area (Å²) in [6, 6.07) is 13.3. The van der Waals surface area contributed by atoms with Crippen molar-refractivity contribution in [3.05, 3.63) is 69.8 Å². The van der Waals surface area contributed by atoms with Crippen LogP contribution in [0.4, 0.5) is 0 Å². The highest BCUT2D eigenvalue weighted by Crippen LogP contribution is 2.30. The Labute approximate surface area is 96.9 Å². The van der Waals surface area contributed by atoms with E-state index in [0.717, 1.165) is 12.8 Å². The van der Waals surface area contributed by atoms with Crippen molar-refractivity contribution in [2.24, 2.45) is 0 Å². The largest absolute Gasteiger partial charge is 0.0617 e. The van der Waals surface area contributed by atoms with Crippen molar-refractivity contribution >= 4 is 0 Å². The molecule has 0 nitrogen and oxygen atoms in total. The normalized spacial score (nSPS) is 13.1. The maximum Gasteiger partial charge on any atom is -0.00148 e. The molecular formula is C16H16. The lowest BCUT2D eigenvalue weighted by Crippen LogP contribution is -2.10. The topological polar surface area (TPSA) is 0 Å². The standard InChI is InChI=1S/C16H16/c1-11-5-3-7-13-9-14-8-4-6-12(2)16(14)10-15(11)13/h3-8H,9-10H2,1-2H3. The van der Waals surface area contributed by atoms with Gasteiger partial charge < -0.3 is 0 Å². The van der Waals surface area contributed by atoms with E-state index in [4.69, 9.17) is 0 Å². The van der Waals surface area contributed by atoms with E-state index in [0.29, 0.717) is 0 Å². The Hall–Kier alpha value is -1.56. The molecule has 0 N–H and O–H groups in total. The van der Waals surface area contributed by atoms with Gasteiger partial charge in [-0.1, -0.05) is 36.4 Å². The smallest absolute Gasteiger partial charge is 0.00148 e. The van der Waals surface area contributed by atoms with Gasteiger partial charge in [0.1, 0.15) is 0 Å². The summed E-state index contributed by atoms with van der Waals surface area (Å²) in [6.07, 6.45) is 2.22. The second kappa shape index (κ2) is 3.48. The Kier molecular flexibility index (Phi) is 2.10. The summed E-state index contributed by atoms with van der Waals surface area (Å²) in [5, 5.41) is 0. The molecule has 0 unspecified atom stereocenters. The second-order valence-electron chi connectivity index (χ2n) is 4.78. The van der Waals surface area contributed by atoms with Crippen molar-refractivity contribution in [2.45, 2.75) is 26.7 Å². The van der Waals surface area contributed by atoms with E-state index in [1.54, 1.807) is 11.1 Å². The van der Waals surface area contributed by atoms with E-state index in [2.05, 4.69) is 50.2 Å². The van der Waals surface area contributed by atoms with E-state index < -0.39 is 0 Å². The van der Waals surface area contributed by atoms with Crippen LogP contribution in [0.1, 0.15) is 33.4 Å². The first-order valence-corrected chi connectivity index (χ1v) is 5.90. The molecule has 0 saturated heterocycles. The summed E-state index contributed by atoms with van der Waals surface area (Å²) in [5.41, 5.74) is 8.99. The van der Waals surface area contributed by atoms with Crippen molar-refractivity contribution in [1.82, 2.24) is 0 Å². The van der Waals surface area contributed by atoms with E-state index >= 15 is 0 Å². The van der Waals surface area contributed by atoms with Crippen LogP contribution in [0.15, 0.2) is 36.4 Å². The monoisotopic (exact) mass is 208 g/mol. The van der Waals surface area contributed by atoms with Gasteiger partial charge in [-0.3, -0.25) is 0 Å². The van der Waals surface area contributed by atoms with E-state index in [9.17, 15) is 0 Å². The fourth-order valence-electron chi connectivity index (χ4n) is 2.75. The highest BCUT2D eigenvalue weighted by molar-refractivity contribution is 5.50.